The van der Waals surface area contributed by atoms with Crippen LogP contribution in [-0.4, -0.2) is 17.4 Å². The van der Waals surface area contributed by atoms with Gasteiger partial charge in [-0.15, -0.1) is 0 Å². The first-order valence-corrected chi connectivity index (χ1v) is 6.91. The summed E-state index contributed by atoms with van der Waals surface area (Å²) in [6, 6.07) is 16.7. The molecule has 1 aliphatic rings. The van der Waals surface area contributed by atoms with Crippen molar-refractivity contribution in [2.75, 3.05) is 6.54 Å². The first-order chi connectivity index (χ1) is 9.76. The number of likely N-dealkylation sites (tertiary alicyclic amines) is 1. The van der Waals surface area contributed by atoms with Crippen molar-refractivity contribution in [1.82, 2.24) is 4.90 Å². The van der Waals surface area contributed by atoms with Gasteiger partial charge in [0.2, 0.25) is 5.91 Å². The molecular formula is C17H16N2O. The summed E-state index contributed by atoms with van der Waals surface area (Å²) in [5.41, 5.74) is 1.12. The van der Waals surface area contributed by atoms with Crippen molar-refractivity contribution in [3.8, 4) is 6.07 Å². The number of hydrogen-bond acceptors (Lipinski definition) is 2. The molecule has 20 heavy (non-hydrogen) atoms. The van der Waals surface area contributed by atoms with Gasteiger partial charge in [0.25, 0.3) is 0 Å². The minimum Gasteiger partial charge on any atom is -0.337 e. The molecule has 0 aliphatic carbocycles. The minimum absolute atomic E-state index is 0.0202. The average Bonchev–Trinajstić information content (AvgIpc) is 2.49. The highest BCUT2D eigenvalue weighted by atomic mass is 16.2. The van der Waals surface area contributed by atoms with Gasteiger partial charge < -0.3 is 4.90 Å². The Balaban J connectivity index is 1.81. The normalized spacial score (nSPS) is 19.1. The Hall–Kier alpha value is -2.34. The van der Waals surface area contributed by atoms with Gasteiger partial charge in [-0.1, -0.05) is 36.4 Å². The number of fused-ring (bicyclic) bond motifs is 1. The van der Waals surface area contributed by atoms with Crippen LogP contribution in [0, 0.1) is 17.2 Å². The van der Waals surface area contributed by atoms with Crippen LogP contribution in [0.1, 0.15) is 18.4 Å². The van der Waals surface area contributed by atoms with E-state index in [0.717, 1.165) is 5.56 Å². The summed E-state index contributed by atoms with van der Waals surface area (Å²) < 4.78 is 0. The lowest BCUT2D eigenvalue weighted by Crippen LogP contribution is -2.38. The summed E-state index contributed by atoms with van der Waals surface area (Å²) in [5, 5.41) is 11.4. The van der Waals surface area contributed by atoms with Gasteiger partial charge in [-0.2, -0.15) is 5.26 Å². The van der Waals surface area contributed by atoms with Gasteiger partial charge in [0, 0.05) is 19.5 Å². The number of nitrogens with zero attached hydrogens (tertiary/aromatic N) is 2. The van der Waals surface area contributed by atoms with Crippen LogP contribution < -0.4 is 0 Å². The standard InChI is InChI=1S/C17H16N2O/c18-10-14-6-8-17(20)19(12-14)11-13-5-7-15-3-1-2-4-16(15)9-13/h1-5,7,9,14H,6,8,11-12H2. The molecule has 0 aromatic heterocycles. The van der Waals surface area contributed by atoms with E-state index in [0.29, 0.717) is 25.9 Å². The van der Waals surface area contributed by atoms with Crippen LogP contribution in [0.4, 0.5) is 0 Å². The Morgan fingerprint density at radius 3 is 2.80 bits per heavy atom. The summed E-state index contributed by atoms with van der Waals surface area (Å²) in [7, 11) is 0. The van der Waals surface area contributed by atoms with Crippen LogP contribution in [0.15, 0.2) is 42.5 Å². The number of nitriles is 1. The highest BCUT2D eigenvalue weighted by Gasteiger charge is 2.25. The largest absolute Gasteiger partial charge is 0.337 e. The Morgan fingerprint density at radius 1 is 1.20 bits per heavy atom. The topological polar surface area (TPSA) is 44.1 Å². The quantitative estimate of drug-likeness (QED) is 0.836. The Bertz CT molecular complexity index is 687. The first kappa shape index (κ1) is 12.7. The molecule has 3 nitrogen and oxygen atoms in total. The zero-order chi connectivity index (χ0) is 13.9. The van der Waals surface area contributed by atoms with E-state index in [9.17, 15) is 4.79 Å². The Kier molecular flexibility index (Phi) is 3.39. The first-order valence-electron chi connectivity index (χ1n) is 6.91. The van der Waals surface area contributed by atoms with Crippen LogP contribution >= 0.6 is 0 Å². The maximum absolute atomic E-state index is 11.9. The van der Waals surface area contributed by atoms with Gasteiger partial charge in [-0.05, 0) is 28.8 Å². The number of carbonyl (C=O) groups is 1. The second-order valence-corrected chi connectivity index (χ2v) is 5.32. The third kappa shape index (κ3) is 2.50. The summed E-state index contributed by atoms with van der Waals surface area (Å²) in [6.45, 7) is 1.16. The third-order valence-electron chi connectivity index (χ3n) is 3.87. The van der Waals surface area contributed by atoms with Crippen molar-refractivity contribution in [3.63, 3.8) is 0 Å². The molecule has 0 radical (unpaired) electrons. The number of carbonyl (C=O) groups excluding carboxylic acids is 1. The Labute approximate surface area is 118 Å². The molecule has 0 bridgehead atoms. The predicted octanol–water partition coefficient (Wildman–Crippen LogP) is 3.10. The molecule has 1 saturated heterocycles. The van der Waals surface area contributed by atoms with E-state index in [2.05, 4.69) is 36.4 Å². The lowest BCUT2D eigenvalue weighted by Gasteiger charge is -2.29. The average molecular weight is 264 g/mol. The molecule has 1 fully saturated rings. The van der Waals surface area contributed by atoms with Crippen LogP contribution in [0.3, 0.4) is 0 Å². The van der Waals surface area contributed by atoms with E-state index < -0.39 is 0 Å². The maximum atomic E-state index is 11.9. The summed E-state index contributed by atoms with van der Waals surface area (Å²) >= 11 is 0. The summed E-state index contributed by atoms with van der Waals surface area (Å²) in [6.07, 6.45) is 1.19. The molecule has 3 rings (SSSR count). The summed E-state index contributed by atoms with van der Waals surface area (Å²) in [5.74, 6) is 0.137. The fourth-order valence-electron chi connectivity index (χ4n) is 2.73. The molecule has 2 aromatic carbocycles. The highest BCUT2D eigenvalue weighted by molar-refractivity contribution is 5.83. The van der Waals surface area contributed by atoms with E-state index >= 15 is 0 Å². The fourth-order valence-corrected chi connectivity index (χ4v) is 2.73. The zero-order valence-corrected chi connectivity index (χ0v) is 11.2. The molecule has 1 unspecified atom stereocenters. The van der Waals surface area contributed by atoms with Crippen LogP contribution in [0.25, 0.3) is 10.8 Å². The highest BCUT2D eigenvalue weighted by Crippen LogP contribution is 2.21. The van der Waals surface area contributed by atoms with Gasteiger partial charge >= 0.3 is 0 Å². The smallest absolute Gasteiger partial charge is 0.222 e. The number of amides is 1. The van der Waals surface area contributed by atoms with Crippen molar-refractivity contribution in [2.24, 2.45) is 5.92 Å². The van der Waals surface area contributed by atoms with Gasteiger partial charge in [-0.3, -0.25) is 4.79 Å². The minimum atomic E-state index is -0.0202. The lowest BCUT2D eigenvalue weighted by molar-refractivity contribution is -0.134. The molecule has 0 saturated carbocycles. The van der Waals surface area contributed by atoms with Crippen molar-refractivity contribution >= 4 is 16.7 Å². The predicted molar refractivity (Wildman–Crippen MR) is 77.7 cm³/mol. The number of hydrogen-bond donors (Lipinski definition) is 0. The SMILES string of the molecule is N#CC1CCC(=O)N(Cc2ccc3ccccc3c2)C1. The van der Waals surface area contributed by atoms with Crippen molar-refractivity contribution in [2.45, 2.75) is 19.4 Å². The second kappa shape index (κ2) is 5.34. The molecular weight excluding hydrogens is 248 g/mol. The zero-order valence-electron chi connectivity index (χ0n) is 11.2. The van der Waals surface area contributed by atoms with E-state index in [4.69, 9.17) is 5.26 Å². The third-order valence-corrected chi connectivity index (χ3v) is 3.87. The van der Waals surface area contributed by atoms with E-state index in [1.807, 2.05) is 17.0 Å². The van der Waals surface area contributed by atoms with Crippen molar-refractivity contribution < 1.29 is 4.79 Å². The molecule has 100 valence electrons. The summed E-state index contributed by atoms with van der Waals surface area (Å²) in [4.78, 5) is 13.7. The van der Waals surface area contributed by atoms with Crippen LogP contribution in [0.2, 0.25) is 0 Å². The van der Waals surface area contributed by atoms with Gasteiger partial charge in [0.05, 0.1) is 12.0 Å². The van der Waals surface area contributed by atoms with Gasteiger partial charge in [0.1, 0.15) is 0 Å². The molecule has 1 aliphatic heterocycles. The van der Waals surface area contributed by atoms with E-state index in [1.165, 1.54) is 10.8 Å². The van der Waals surface area contributed by atoms with E-state index in [-0.39, 0.29) is 11.8 Å². The second-order valence-electron chi connectivity index (χ2n) is 5.32. The van der Waals surface area contributed by atoms with Crippen LogP contribution in [-0.2, 0) is 11.3 Å². The van der Waals surface area contributed by atoms with E-state index in [1.54, 1.807) is 0 Å². The molecule has 2 aromatic rings. The maximum Gasteiger partial charge on any atom is 0.222 e. The number of piperidine rings is 1. The number of rotatable bonds is 2. The monoisotopic (exact) mass is 264 g/mol. The molecule has 1 heterocycles. The van der Waals surface area contributed by atoms with Crippen LogP contribution in [0.5, 0.6) is 0 Å². The van der Waals surface area contributed by atoms with Crippen molar-refractivity contribution in [3.05, 3.63) is 48.0 Å². The molecule has 0 spiro atoms. The molecule has 3 heteroatoms. The van der Waals surface area contributed by atoms with Gasteiger partial charge in [0.15, 0.2) is 0 Å². The molecule has 1 atom stereocenters. The lowest BCUT2D eigenvalue weighted by atomic mass is 9.98. The fraction of sp³-hybridized carbons (Fsp3) is 0.294. The molecule has 0 N–H and O–H groups in total. The van der Waals surface area contributed by atoms with Gasteiger partial charge in [-0.25, -0.2) is 0 Å². The number of benzene rings is 2. The molecule has 1 amide bonds. The Morgan fingerprint density at radius 2 is 2.00 bits per heavy atom. The van der Waals surface area contributed by atoms with Crippen molar-refractivity contribution in [1.29, 1.82) is 5.26 Å².